The number of aromatic nitrogens is 1. The highest BCUT2D eigenvalue weighted by Crippen LogP contribution is 2.33. The van der Waals surface area contributed by atoms with Gasteiger partial charge in [0.1, 0.15) is 6.26 Å². The lowest BCUT2D eigenvalue weighted by atomic mass is 9.94. The maximum Gasteiger partial charge on any atom is 0.236 e. The summed E-state index contributed by atoms with van der Waals surface area (Å²) >= 11 is 3.53. The zero-order valence-electron chi connectivity index (χ0n) is 11.5. The Morgan fingerprint density at radius 1 is 1.29 bits per heavy atom. The first-order chi connectivity index (χ1) is 10.4. The molecule has 1 aliphatic rings. The number of oxazole rings is 1. The van der Waals surface area contributed by atoms with Crippen LogP contribution in [0.25, 0.3) is 10.8 Å². The Bertz CT molecular complexity index is 714. The highest BCUT2D eigenvalue weighted by atomic mass is 32.1. The fourth-order valence-corrected chi connectivity index (χ4v) is 4.47. The lowest BCUT2D eigenvalue weighted by Gasteiger charge is -2.23. The molecule has 0 amide bonds. The van der Waals surface area contributed by atoms with Crippen LogP contribution in [0.5, 0.6) is 0 Å². The summed E-state index contributed by atoms with van der Waals surface area (Å²) in [4.78, 5) is 7.19. The molecule has 0 fully saturated rings. The fourth-order valence-electron chi connectivity index (χ4n) is 2.83. The van der Waals surface area contributed by atoms with Crippen LogP contribution in [-0.2, 0) is 13.0 Å². The van der Waals surface area contributed by atoms with E-state index in [4.69, 9.17) is 4.42 Å². The normalized spacial score (nSPS) is 17.8. The van der Waals surface area contributed by atoms with Crippen molar-refractivity contribution in [1.82, 2.24) is 10.3 Å². The van der Waals surface area contributed by atoms with E-state index >= 15 is 0 Å². The van der Waals surface area contributed by atoms with Crippen LogP contribution in [-0.4, -0.2) is 4.98 Å². The van der Waals surface area contributed by atoms with Gasteiger partial charge in [0.2, 0.25) is 5.89 Å². The van der Waals surface area contributed by atoms with Gasteiger partial charge in [0.25, 0.3) is 0 Å². The molecule has 108 valence electrons. The molecule has 3 aromatic rings. The molecule has 0 aromatic carbocycles. The zero-order valence-corrected chi connectivity index (χ0v) is 13.2. The summed E-state index contributed by atoms with van der Waals surface area (Å²) < 4.78 is 5.56. The van der Waals surface area contributed by atoms with E-state index in [0.29, 0.717) is 6.04 Å². The first-order valence-electron chi connectivity index (χ1n) is 7.18. The lowest BCUT2D eigenvalue weighted by molar-refractivity contribution is 0.459. The maximum absolute atomic E-state index is 5.56. The standard InChI is InChI=1S/C16H16N2OS2/c1-3-13(12-6-8-21-14(12)4-1)17-9-11-10-19-16(18-11)15-5-2-7-20-15/h2,5-8,10,13,17H,1,3-4,9H2/t13-/m0/s1. The Labute approximate surface area is 131 Å². The van der Waals surface area contributed by atoms with Gasteiger partial charge in [0.05, 0.1) is 10.6 Å². The SMILES string of the molecule is c1csc(-c2nc(CN[C@H]3CCCc4sccc43)co2)c1. The average Bonchev–Trinajstić information content (AvgIpc) is 3.23. The van der Waals surface area contributed by atoms with E-state index in [1.807, 2.05) is 28.8 Å². The Morgan fingerprint density at radius 2 is 2.29 bits per heavy atom. The van der Waals surface area contributed by atoms with Crippen LogP contribution >= 0.6 is 22.7 Å². The van der Waals surface area contributed by atoms with Gasteiger partial charge < -0.3 is 9.73 Å². The summed E-state index contributed by atoms with van der Waals surface area (Å²) in [6.45, 7) is 0.759. The van der Waals surface area contributed by atoms with Crippen molar-refractivity contribution in [2.24, 2.45) is 0 Å². The highest BCUT2D eigenvalue weighted by molar-refractivity contribution is 7.13. The van der Waals surface area contributed by atoms with Crippen LogP contribution in [0.15, 0.2) is 39.6 Å². The number of nitrogens with one attached hydrogen (secondary N) is 1. The monoisotopic (exact) mass is 316 g/mol. The number of nitrogens with zero attached hydrogens (tertiary/aromatic N) is 1. The largest absolute Gasteiger partial charge is 0.444 e. The number of hydrogen-bond donors (Lipinski definition) is 1. The van der Waals surface area contributed by atoms with Crippen LogP contribution in [0.2, 0.25) is 0 Å². The van der Waals surface area contributed by atoms with Crippen molar-refractivity contribution < 1.29 is 4.42 Å². The predicted molar refractivity (Wildman–Crippen MR) is 86.7 cm³/mol. The Balaban J connectivity index is 1.44. The van der Waals surface area contributed by atoms with Crippen LogP contribution in [0.4, 0.5) is 0 Å². The molecule has 0 radical (unpaired) electrons. The van der Waals surface area contributed by atoms with E-state index in [-0.39, 0.29) is 0 Å². The van der Waals surface area contributed by atoms with Crippen molar-refractivity contribution in [3.8, 4) is 10.8 Å². The fraction of sp³-hybridized carbons (Fsp3) is 0.312. The molecule has 3 aromatic heterocycles. The van der Waals surface area contributed by atoms with Crippen molar-refractivity contribution in [1.29, 1.82) is 0 Å². The molecular weight excluding hydrogens is 300 g/mol. The lowest BCUT2D eigenvalue weighted by Crippen LogP contribution is -2.23. The molecule has 1 N–H and O–H groups in total. The van der Waals surface area contributed by atoms with Crippen molar-refractivity contribution >= 4 is 22.7 Å². The topological polar surface area (TPSA) is 38.1 Å². The molecule has 1 aliphatic carbocycles. The van der Waals surface area contributed by atoms with E-state index in [1.165, 1.54) is 29.7 Å². The summed E-state index contributed by atoms with van der Waals surface area (Å²) in [6.07, 6.45) is 5.47. The minimum Gasteiger partial charge on any atom is -0.444 e. The average molecular weight is 316 g/mol. The van der Waals surface area contributed by atoms with E-state index in [9.17, 15) is 0 Å². The molecule has 0 saturated heterocycles. The first kappa shape index (κ1) is 13.2. The summed E-state index contributed by atoms with van der Waals surface area (Å²) in [7, 11) is 0. The number of fused-ring (bicyclic) bond motifs is 1. The quantitative estimate of drug-likeness (QED) is 0.762. The highest BCUT2D eigenvalue weighted by Gasteiger charge is 2.21. The second kappa shape index (κ2) is 5.75. The number of hydrogen-bond acceptors (Lipinski definition) is 5. The van der Waals surface area contributed by atoms with Gasteiger partial charge in [0.15, 0.2) is 0 Å². The van der Waals surface area contributed by atoms with Crippen LogP contribution in [0, 0.1) is 0 Å². The van der Waals surface area contributed by atoms with Gasteiger partial charge in [0, 0.05) is 17.5 Å². The minimum absolute atomic E-state index is 0.460. The van der Waals surface area contributed by atoms with E-state index in [0.717, 1.165) is 23.0 Å². The number of thiophene rings is 2. The molecule has 0 bridgehead atoms. The van der Waals surface area contributed by atoms with Crippen molar-refractivity contribution in [2.75, 3.05) is 0 Å². The Kier molecular flexibility index (Phi) is 3.63. The third-order valence-electron chi connectivity index (χ3n) is 3.87. The molecule has 5 heteroatoms. The maximum atomic E-state index is 5.56. The third-order valence-corrected chi connectivity index (χ3v) is 5.72. The predicted octanol–water partition coefficient (Wildman–Crippen LogP) is 4.63. The van der Waals surface area contributed by atoms with Gasteiger partial charge in [-0.3, -0.25) is 0 Å². The van der Waals surface area contributed by atoms with Crippen molar-refractivity contribution in [3.05, 3.63) is 51.4 Å². The molecule has 3 heterocycles. The van der Waals surface area contributed by atoms with Crippen molar-refractivity contribution in [3.63, 3.8) is 0 Å². The number of aryl methyl sites for hydroxylation is 1. The Hall–Kier alpha value is -1.43. The minimum atomic E-state index is 0.460. The smallest absolute Gasteiger partial charge is 0.236 e. The van der Waals surface area contributed by atoms with Gasteiger partial charge in [-0.15, -0.1) is 22.7 Å². The van der Waals surface area contributed by atoms with Gasteiger partial charge >= 0.3 is 0 Å². The first-order valence-corrected chi connectivity index (χ1v) is 8.94. The van der Waals surface area contributed by atoms with Gasteiger partial charge in [-0.1, -0.05) is 6.07 Å². The van der Waals surface area contributed by atoms with E-state index < -0.39 is 0 Å². The summed E-state index contributed by atoms with van der Waals surface area (Å²) in [5.74, 6) is 0.724. The molecule has 0 unspecified atom stereocenters. The zero-order chi connectivity index (χ0) is 14.1. The van der Waals surface area contributed by atoms with E-state index in [2.05, 4.69) is 21.7 Å². The summed E-state index contributed by atoms with van der Waals surface area (Å²) in [5, 5.41) is 7.87. The molecule has 21 heavy (non-hydrogen) atoms. The van der Waals surface area contributed by atoms with Gasteiger partial charge in [-0.2, -0.15) is 0 Å². The van der Waals surface area contributed by atoms with Crippen molar-refractivity contribution in [2.45, 2.75) is 31.8 Å². The van der Waals surface area contributed by atoms with Gasteiger partial charge in [-0.25, -0.2) is 4.98 Å². The second-order valence-electron chi connectivity index (χ2n) is 5.25. The molecule has 1 atom stereocenters. The molecule has 0 aliphatic heterocycles. The second-order valence-corrected chi connectivity index (χ2v) is 7.19. The molecule has 0 spiro atoms. The third kappa shape index (κ3) is 2.69. The number of rotatable bonds is 4. The Morgan fingerprint density at radius 3 is 3.19 bits per heavy atom. The summed E-state index contributed by atoms with van der Waals surface area (Å²) in [6, 6.07) is 6.77. The molecule has 3 nitrogen and oxygen atoms in total. The van der Waals surface area contributed by atoms with Gasteiger partial charge in [-0.05, 0) is 47.7 Å². The van der Waals surface area contributed by atoms with Crippen LogP contribution in [0.3, 0.4) is 0 Å². The molecule has 0 saturated carbocycles. The van der Waals surface area contributed by atoms with Crippen LogP contribution in [0.1, 0.15) is 35.0 Å². The van der Waals surface area contributed by atoms with E-state index in [1.54, 1.807) is 17.6 Å². The molecular formula is C16H16N2OS2. The summed E-state index contributed by atoms with van der Waals surface area (Å²) in [5.41, 5.74) is 2.45. The molecule has 4 rings (SSSR count). The van der Waals surface area contributed by atoms with Crippen LogP contribution < -0.4 is 5.32 Å².